The summed E-state index contributed by atoms with van der Waals surface area (Å²) in [5.41, 5.74) is -1.10. The summed E-state index contributed by atoms with van der Waals surface area (Å²) in [6.07, 6.45) is 2.32. The monoisotopic (exact) mass is 298 g/mol. The number of rotatable bonds is 3. The van der Waals surface area contributed by atoms with Crippen LogP contribution in [0.2, 0.25) is 0 Å². The van der Waals surface area contributed by atoms with Crippen molar-refractivity contribution in [1.29, 1.82) is 0 Å². The van der Waals surface area contributed by atoms with Gasteiger partial charge in [-0.2, -0.15) is 0 Å². The van der Waals surface area contributed by atoms with Crippen LogP contribution in [0.3, 0.4) is 0 Å². The van der Waals surface area contributed by atoms with E-state index in [1.807, 2.05) is 13.8 Å². The van der Waals surface area contributed by atoms with Crippen molar-refractivity contribution in [3.8, 4) is 0 Å². The molecular weight excluding hydrogens is 282 g/mol. The quantitative estimate of drug-likeness (QED) is 0.635. The second-order valence-electron chi connectivity index (χ2n) is 5.24. The van der Waals surface area contributed by atoms with E-state index in [9.17, 15) is 23.7 Å². The van der Waals surface area contributed by atoms with Crippen LogP contribution in [0.25, 0.3) is 0 Å². The molecule has 2 unspecified atom stereocenters. The molecule has 0 saturated carbocycles. The molecule has 1 fully saturated rings. The molecule has 1 aromatic carbocycles. The minimum absolute atomic E-state index is 0.0276. The van der Waals surface area contributed by atoms with Crippen molar-refractivity contribution < 1.29 is 18.5 Å². The number of benzene rings is 1. The molecule has 1 aliphatic heterocycles. The van der Waals surface area contributed by atoms with E-state index in [2.05, 4.69) is 0 Å². The number of nitro benzene ring substituents is 1. The van der Waals surface area contributed by atoms with E-state index in [-0.39, 0.29) is 12.1 Å². The smallest absolute Gasteiger partial charge is 0.285 e. The van der Waals surface area contributed by atoms with Crippen LogP contribution >= 0.6 is 0 Å². The highest BCUT2D eigenvalue weighted by Gasteiger charge is 2.36. The summed E-state index contributed by atoms with van der Waals surface area (Å²) in [5.74, 6) is -3.21. The number of halogens is 2. The number of amides is 1. The third-order valence-electron chi connectivity index (χ3n) is 3.96. The van der Waals surface area contributed by atoms with Crippen molar-refractivity contribution >= 4 is 11.6 Å². The summed E-state index contributed by atoms with van der Waals surface area (Å²) in [6, 6.07) is 0.980. The van der Waals surface area contributed by atoms with Gasteiger partial charge in [0, 0.05) is 12.1 Å². The van der Waals surface area contributed by atoms with Gasteiger partial charge in [0.25, 0.3) is 11.6 Å². The van der Waals surface area contributed by atoms with Gasteiger partial charge < -0.3 is 4.90 Å². The summed E-state index contributed by atoms with van der Waals surface area (Å²) in [7, 11) is 0. The molecule has 1 saturated heterocycles. The van der Waals surface area contributed by atoms with Gasteiger partial charge in [-0.05, 0) is 32.3 Å². The molecule has 0 spiro atoms. The molecule has 1 heterocycles. The van der Waals surface area contributed by atoms with E-state index >= 15 is 0 Å². The number of hydrogen-bond acceptors (Lipinski definition) is 3. The molecule has 7 heteroatoms. The predicted molar refractivity (Wildman–Crippen MR) is 72.0 cm³/mol. The molecule has 1 aliphatic rings. The number of carbonyl (C=O) groups is 1. The van der Waals surface area contributed by atoms with Crippen LogP contribution in [0, 0.1) is 21.7 Å². The van der Waals surface area contributed by atoms with Crippen LogP contribution in [0.1, 0.15) is 43.5 Å². The minimum atomic E-state index is -1.33. The zero-order valence-electron chi connectivity index (χ0n) is 11.8. The first-order chi connectivity index (χ1) is 9.86. The Kier molecular flexibility index (Phi) is 4.20. The van der Waals surface area contributed by atoms with Gasteiger partial charge >= 0.3 is 0 Å². The second-order valence-corrected chi connectivity index (χ2v) is 5.24. The SMILES string of the molecule is CCC1CCC(C)N1C(=O)c1cc(F)c(F)cc1[N+](=O)[O-]. The van der Waals surface area contributed by atoms with Crippen LogP contribution in [0.15, 0.2) is 12.1 Å². The molecule has 0 N–H and O–H groups in total. The second kappa shape index (κ2) is 5.75. The van der Waals surface area contributed by atoms with E-state index in [0.717, 1.165) is 12.8 Å². The van der Waals surface area contributed by atoms with E-state index in [4.69, 9.17) is 0 Å². The Morgan fingerprint density at radius 1 is 1.38 bits per heavy atom. The average molecular weight is 298 g/mol. The Bertz CT molecular complexity index is 592. The van der Waals surface area contributed by atoms with E-state index in [1.165, 1.54) is 0 Å². The number of likely N-dealkylation sites (tertiary alicyclic amines) is 1. The first kappa shape index (κ1) is 15.3. The van der Waals surface area contributed by atoms with E-state index < -0.39 is 33.7 Å². The van der Waals surface area contributed by atoms with Gasteiger partial charge in [-0.3, -0.25) is 14.9 Å². The first-order valence-electron chi connectivity index (χ1n) is 6.82. The molecule has 0 aliphatic carbocycles. The van der Waals surface area contributed by atoms with Crippen molar-refractivity contribution in [2.24, 2.45) is 0 Å². The molecule has 21 heavy (non-hydrogen) atoms. The fourth-order valence-electron chi connectivity index (χ4n) is 2.84. The topological polar surface area (TPSA) is 63.5 Å². The lowest BCUT2D eigenvalue weighted by Gasteiger charge is -2.28. The number of carbonyl (C=O) groups excluding carboxylic acids is 1. The molecule has 1 amide bonds. The predicted octanol–water partition coefficient (Wildman–Crippen LogP) is 3.28. The Hall–Kier alpha value is -2.05. The molecule has 114 valence electrons. The standard InChI is InChI=1S/C14H16F2N2O3/c1-3-9-5-4-8(2)17(9)14(19)10-6-11(15)12(16)7-13(10)18(20)21/h6-9H,3-5H2,1-2H3. The Labute approximate surface area is 120 Å². The molecule has 0 radical (unpaired) electrons. The molecule has 2 rings (SSSR count). The van der Waals surface area contributed by atoms with Gasteiger partial charge in [0.2, 0.25) is 0 Å². The van der Waals surface area contributed by atoms with Gasteiger partial charge in [-0.15, -0.1) is 0 Å². The average Bonchev–Trinajstić information content (AvgIpc) is 2.81. The van der Waals surface area contributed by atoms with Crippen molar-refractivity contribution in [3.63, 3.8) is 0 Å². The van der Waals surface area contributed by atoms with E-state index in [0.29, 0.717) is 18.6 Å². The zero-order valence-corrected chi connectivity index (χ0v) is 11.8. The first-order valence-corrected chi connectivity index (χ1v) is 6.82. The van der Waals surface area contributed by atoms with Crippen LogP contribution in [0.4, 0.5) is 14.5 Å². The molecule has 5 nitrogen and oxygen atoms in total. The summed E-state index contributed by atoms with van der Waals surface area (Å²) in [6.45, 7) is 3.77. The Balaban J connectivity index is 2.47. The molecule has 0 bridgehead atoms. The normalized spacial score (nSPS) is 21.6. The van der Waals surface area contributed by atoms with Gasteiger partial charge in [0.1, 0.15) is 5.56 Å². The fourth-order valence-corrected chi connectivity index (χ4v) is 2.84. The summed E-state index contributed by atoms with van der Waals surface area (Å²) >= 11 is 0. The molecule has 1 aromatic rings. The maximum atomic E-state index is 13.4. The van der Waals surface area contributed by atoms with Gasteiger partial charge in [-0.1, -0.05) is 6.92 Å². The van der Waals surface area contributed by atoms with Crippen LogP contribution in [-0.4, -0.2) is 27.8 Å². The molecule has 2 atom stereocenters. The Morgan fingerprint density at radius 3 is 2.57 bits per heavy atom. The maximum absolute atomic E-state index is 13.4. The van der Waals surface area contributed by atoms with Crippen LogP contribution < -0.4 is 0 Å². The van der Waals surface area contributed by atoms with Gasteiger partial charge in [0.15, 0.2) is 11.6 Å². The lowest BCUT2D eigenvalue weighted by atomic mass is 10.1. The highest BCUT2D eigenvalue weighted by atomic mass is 19.2. The van der Waals surface area contributed by atoms with Crippen LogP contribution in [0.5, 0.6) is 0 Å². The molecular formula is C14H16F2N2O3. The third-order valence-corrected chi connectivity index (χ3v) is 3.96. The number of hydrogen-bond donors (Lipinski definition) is 0. The van der Waals surface area contributed by atoms with Crippen molar-refractivity contribution in [1.82, 2.24) is 4.90 Å². The fraction of sp³-hybridized carbons (Fsp3) is 0.500. The third kappa shape index (κ3) is 2.72. The minimum Gasteiger partial charge on any atom is -0.333 e. The van der Waals surface area contributed by atoms with Crippen molar-refractivity contribution in [2.75, 3.05) is 0 Å². The van der Waals surface area contributed by atoms with E-state index in [1.54, 1.807) is 4.90 Å². The highest BCUT2D eigenvalue weighted by molar-refractivity contribution is 5.98. The lowest BCUT2D eigenvalue weighted by molar-refractivity contribution is -0.385. The van der Waals surface area contributed by atoms with Crippen LogP contribution in [-0.2, 0) is 0 Å². The Morgan fingerprint density at radius 2 is 2.00 bits per heavy atom. The van der Waals surface area contributed by atoms with Gasteiger partial charge in [-0.25, -0.2) is 8.78 Å². The van der Waals surface area contributed by atoms with Gasteiger partial charge in [0.05, 0.1) is 11.0 Å². The zero-order chi connectivity index (χ0) is 15.7. The number of nitro groups is 1. The largest absolute Gasteiger partial charge is 0.333 e. The summed E-state index contributed by atoms with van der Waals surface area (Å²) in [4.78, 5) is 24.2. The van der Waals surface area contributed by atoms with Crippen molar-refractivity contribution in [2.45, 2.75) is 45.2 Å². The maximum Gasteiger partial charge on any atom is 0.285 e. The highest BCUT2D eigenvalue weighted by Crippen LogP contribution is 2.31. The lowest BCUT2D eigenvalue weighted by Crippen LogP contribution is -2.40. The summed E-state index contributed by atoms with van der Waals surface area (Å²) in [5, 5.41) is 11.0. The van der Waals surface area contributed by atoms with Crippen molar-refractivity contribution in [3.05, 3.63) is 39.4 Å². The number of nitrogens with zero attached hydrogens (tertiary/aromatic N) is 2. The molecule has 0 aromatic heterocycles. The summed E-state index contributed by atoms with van der Waals surface area (Å²) < 4.78 is 26.6.